The molecule has 0 aliphatic heterocycles. The van der Waals surface area contributed by atoms with Crippen LogP contribution in [0.4, 0.5) is 18.9 Å². The Morgan fingerprint density at radius 1 is 1.48 bits per heavy atom. The molecule has 0 aromatic heterocycles. The molecule has 0 saturated carbocycles. The van der Waals surface area contributed by atoms with Crippen LogP contribution in [-0.2, 0) is 10.9 Å². The van der Waals surface area contributed by atoms with E-state index in [-0.39, 0.29) is 18.7 Å². The van der Waals surface area contributed by atoms with E-state index in [4.69, 9.17) is 10.5 Å². The minimum atomic E-state index is -4.63. The maximum atomic E-state index is 12.7. The maximum Gasteiger partial charge on any atom is 0.418 e. The number of halogens is 3. The highest BCUT2D eigenvalue weighted by Crippen LogP contribution is 2.34. The highest BCUT2D eigenvalue weighted by molar-refractivity contribution is 5.94. The van der Waals surface area contributed by atoms with Crippen LogP contribution in [0.2, 0.25) is 0 Å². The number of ether oxygens (including phenoxy) is 1. The van der Waals surface area contributed by atoms with E-state index in [1.807, 2.05) is 0 Å². The molecule has 0 heterocycles. The third-order valence-corrected chi connectivity index (χ3v) is 2.80. The number of benzene rings is 1. The summed E-state index contributed by atoms with van der Waals surface area (Å²) >= 11 is 0. The molecule has 0 bridgehead atoms. The Kier molecular flexibility index (Phi) is 5.56. The lowest BCUT2D eigenvalue weighted by molar-refractivity contribution is -0.136. The molecule has 1 unspecified atom stereocenters. The number of rotatable bonds is 5. The zero-order valence-corrected chi connectivity index (χ0v) is 11.6. The van der Waals surface area contributed by atoms with Crippen LogP contribution >= 0.6 is 0 Å². The average molecular weight is 306 g/mol. The standard InChI is InChI=1S/C13H17F3N2O3/c1-18(6-9(19)7-21-2)12(20)8-3-4-11(17)10(5-8)13(14,15)16/h3-5,9,19H,6-7,17H2,1-2H3. The van der Waals surface area contributed by atoms with Gasteiger partial charge in [-0.05, 0) is 18.2 Å². The zero-order valence-electron chi connectivity index (χ0n) is 11.6. The number of anilines is 1. The monoisotopic (exact) mass is 306 g/mol. The van der Waals surface area contributed by atoms with Gasteiger partial charge in [-0.2, -0.15) is 13.2 Å². The lowest BCUT2D eigenvalue weighted by atomic mass is 10.1. The fourth-order valence-electron chi connectivity index (χ4n) is 1.80. The van der Waals surface area contributed by atoms with Crippen molar-refractivity contribution < 1.29 is 27.8 Å². The maximum absolute atomic E-state index is 12.7. The van der Waals surface area contributed by atoms with Crippen LogP contribution in [0.3, 0.4) is 0 Å². The third kappa shape index (κ3) is 4.61. The summed E-state index contributed by atoms with van der Waals surface area (Å²) in [5, 5.41) is 9.52. The van der Waals surface area contributed by atoms with Crippen molar-refractivity contribution in [1.82, 2.24) is 4.90 Å². The molecule has 1 aromatic rings. The van der Waals surface area contributed by atoms with Gasteiger partial charge in [-0.25, -0.2) is 0 Å². The summed E-state index contributed by atoms with van der Waals surface area (Å²) < 4.78 is 42.9. The van der Waals surface area contributed by atoms with Gasteiger partial charge in [0.15, 0.2) is 0 Å². The molecule has 0 spiro atoms. The van der Waals surface area contributed by atoms with Crippen molar-refractivity contribution in [3.05, 3.63) is 29.3 Å². The lowest BCUT2D eigenvalue weighted by Crippen LogP contribution is -2.36. The van der Waals surface area contributed by atoms with Crippen molar-refractivity contribution >= 4 is 11.6 Å². The van der Waals surface area contributed by atoms with Crippen molar-refractivity contribution in [2.75, 3.05) is 33.0 Å². The molecule has 118 valence electrons. The first kappa shape index (κ1) is 17.3. The Morgan fingerprint density at radius 3 is 2.62 bits per heavy atom. The van der Waals surface area contributed by atoms with E-state index in [9.17, 15) is 23.1 Å². The number of nitrogen functional groups attached to an aromatic ring is 1. The highest BCUT2D eigenvalue weighted by atomic mass is 19.4. The molecule has 0 aliphatic rings. The fourth-order valence-corrected chi connectivity index (χ4v) is 1.80. The van der Waals surface area contributed by atoms with E-state index in [2.05, 4.69) is 0 Å². The van der Waals surface area contributed by atoms with E-state index in [1.54, 1.807) is 0 Å². The zero-order chi connectivity index (χ0) is 16.2. The van der Waals surface area contributed by atoms with Gasteiger partial charge in [0.1, 0.15) is 0 Å². The van der Waals surface area contributed by atoms with Crippen LogP contribution in [0.15, 0.2) is 18.2 Å². The molecule has 1 rings (SSSR count). The van der Waals surface area contributed by atoms with Crippen LogP contribution in [0.25, 0.3) is 0 Å². The summed E-state index contributed by atoms with van der Waals surface area (Å²) in [6.45, 7) is -0.0362. The summed E-state index contributed by atoms with van der Waals surface area (Å²) in [5.41, 5.74) is 3.62. The Balaban J connectivity index is 2.93. The Labute approximate surface area is 120 Å². The number of aliphatic hydroxyl groups is 1. The first-order valence-corrected chi connectivity index (χ1v) is 6.06. The van der Waals surface area contributed by atoms with Crippen LogP contribution in [-0.4, -0.2) is 49.3 Å². The number of nitrogens with two attached hydrogens (primary N) is 1. The second-order valence-electron chi connectivity index (χ2n) is 4.59. The number of nitrogens with zero attached hydrogens (tertiary/aromatic N) is 1. The minimum absolute atomic E-state index is 0.0210. The molecule has 3 N–H and O–H groups in total. The highest BCUT2D eigenvalue weighted by Gasteiger charge is 2.33. The van der Waals surface area contributed by atoms with Gasteiger partial charge in [-0.3, -0.25) is 4.79 Å². The van der Waals surface area contributed by atoms with Gasteiger partial charge in [0.25, 0.3) is 5.91 Å². The smallest absolute Gasteiger partial charge is 0.398 e. The van der Waals surface area contributed by atoms with Gasteiger partial charge in [0.05, 0.1) is 18.3 Å². The van der Waals surface area contributed by atoms with Gasteiger partial charge in [0, 0.05) is 32.0 Å². The predicted octanol–water partition coefficient (Wildman–Crippen LogP) is 1.37. The van der Waals surface area contributed by atoms with Crippen LogP contribution in [0.5, 0.6) is 0 Å². The van der Waals surface area contributed by atoms with Crippen LogP contribution < -0.4 is 5.73 Å². The summed E-state index contributed by atoms with van der Waals surface area (Å²) in [6, 6.07) is 2.96. The molecule has 0 saturated heterocycles. The number of carbonyl (C=O) groups is 1. The molecule has 0 aliphatic carbocycles. The number of likely N-dealkylation sites (N-methyl/N-ethyl adjacent to an activating group) is 1. The van der Waals surface area contributed by atoms with Crippen molar-refractivity contribution in [2.45, 2.75) is 12.3 Å². The molecular formula is C13H17F3N2O3. The second kappa shape index (κ2) is 6.77. The van der Waals surface area contributed by atoms with E-state index in [0.717, 1.165) is 11.0 Å². The Hall–Kier alpha value is -1.80. The first-order chi connectivity index (χ1) is 9.66. The first-order valence-electron chi connectivity index (χ1n) is 6.06. The fraction of sp³-hybridized carbons (Fsp3) is 0.462. The van der Waals surface area contributed by atoms with Crippen molar-refractivity contribution in [3.63, 3.8) is 0 Å². The van der Waals surface area contributed by atoms with Crippen molar-refractivity contribution in [2.24, 2.45) is 0 Å². The number of methoxy groups -OCH3 is 1. The summed E-state index contributed by atoms with van der Waals surface area (Å²) in [5.74, 6) is -0.643. The summed E-state index contributed by atoms with van der Waals surface area (Å²) in [4.78, 5) is 13.2. The summed E-state index contributed by atoms with van der Waals surface area (Å²) in [6.07, 6.45) is -5.55. The molecule has 1 aromatic carbocycles. The molecule has 8 heteroatoms. The molecule has 1 amide bonds. The molecule has 21 heavy (non-hydrogen) atoms. The normalized spacial score (nSPS) is 13.0. The average Bonchev–Trinajstić information content (AvgIpc) is 2.37. The Morgan fingerprint density at radius 2 is 2.10 bits per heavy atom. The van der Waals surface area contributed by atoms with Crippen LogP contribution in [0.1, 0.15) is 15.9 Å². The molecular weight excluding hydrogens is 289 g/mol. The number of hydrogen-bond donors (Lipinski definition) is 2. The van der Waals surface area contributed by atoms with Gasteiger partial charge in [0.2, 0.25) is 0 Å². The number of hydrogen-bond acceptors (Lipinski definition) is 4. The minimum Gasteiger partial charge on any atom is -0.398 e. The number of aliphatic hydroxyl groups excluding tert-OH is 1. The van der Waals surface area contributed by atoms with E-state index in [1.165, 1.54) is 20.2 Å². The molecule has 0 fully saturated rings. The van der Waals surface area contributed by atoms with Crippen molar-refractivity contribution in [1.29, 1.82) is 0 Å². The Bertz CT molecular complexity index is 506. The number of amides is 1. The quantitative estimate of drug-likeness (QED) is 0.806. The van der Waals surface area contributed by atoms with Crippen molar-refractivity contribution in [3.8, 4) is 0 Å². The second-order valence-corrected chi connectivity index (χ2v) is 4.59. The van der Waals surface area contributed by atoms with Gasteiger partial charge in [-0.1, -0.05) is 0 Å². The van der Waals surface area contributed by atoms with Gasteiger partial charge < -0.3 is 20.5 Å². The number of alkyl halides is 3. The SMILES string of the molecule is COCC(O)CN(C)C(=O)c1ccc(N)c(C(F)(F)F)c1. The molecule has 5 nitrogen and oxygen atoms in total. The topological polar surface area (TPSA) is 75.8 Å². The lowest BCUT2D eigenvalue weighted by Gasteiger charge is -2.21. The number of carbonyl (C=O) groups excluding carboxylic acids is 1. The molecule has 1 atom stereocenters. The van der Waals surface area contributed by atoms with Gasteiger partial charge in [-0.15, -0.1) is 0 Å². The molecule has 0 radical (unpaired) electrons. The van der Waals surface area contributed by atoms with E-state index >= 15 is 0 Å². The third-order valence-electron chi connectivity index (χ3n) is 2.80. The van der Waals surface area contributed by atoms with E-state index in [0.29, 0.717) is 6.07 Å². The van der Waals surface area contributed by atoms with E-state index < -0.39 is 29.4 Å². The van der Waals surface area contributed by atoms with Gasteiger partial charge >= 0.3 is 6.18 Å². The summed E-state index contributed by atoms with van der Waals surface area (Å²) in [7, 11) is 2.77. The largest absolute Gasteiger partial charge is 0.418 e. The van der Waals surface area contributed by atoms with Crippen LogP contribution in [0, 0.1) is 0 Å². The predicted molar refractivity (Wildman–Crippen MR) is 70.7 cm³/mol.